The van der Waals surface area contributed by atoms with Gasteiger partial charge in [0, 0.05) is 6.54 Å². The van der Waals surface area contributed by atoms with Crippen molar-refractivity contribution in [2.75, 3.05) is 6.54 Å². The van der Waals surface area contributed by atoms with Crippen LogP contribution in [0.5, 0.6) is 0 Å². The molecule has 4 atom stereocenters. The molecule has 2 rings (SSSR count). The Morgan fingerprint density at radius 3 is 2.24 bits per heavy atom. The number of carbonyl (C=O) groups is 2. The molecule has 0 bridgehead atoms. The van der Waals surface area contributed by atoms with Gasteiger partial charge in [0.2, 0.25) is 11.8 Å². The molecule has 1 saturated heterocycles. The molecule has 4 heteroatoms. The van der Waals surface area contributed by atoms with Gasteiger partial charge >= 0.3 is 0 Å². The van der Waals surface area contributed by atoms with Gasteiger partial charge in [-0.15, -0.1) is 0 Å². The fourth-order valence-corrected chi connectivity index (χ4v) is 3.37. The van der Waals surface area contributed by atoms with Crippen molar-refractivity contribution >= 4 is 11.8 Å². The molecule has 0 spiro atoms. The number of nitrogens with one attached hydrogen (secondary N) is 1. The third kappa shape index (κ3) is 3.41. The largest absolute Gasteiger partial charge is 0.342 e. The molecule has 1 heterocycles. The number of amides is 2. The molecule has 4 nitrogen and oxygen atoms in total. The SMILES string of the molecule is CCC(C)C1NC(=O)C(C(C)C)N(CC(C)C2CC2)C1=O. The Labute approximate surface area is 128 Å². The van der Waals surface area contributed by atoms with E-state index in [0.29, 0.717) is 5.92 Å². The van der Waals surface area contributed by atoms with Gasteiger partial charge in [0.1, 0.15) is 12.1 Å². The zero-order valence-electron chi connectivity index (χ0n) is 14.1. The molecule has 0 radical (unpaired) electrons. The van der Waals surface area contributed by atoms with Crippen molar-refractivity contribution in [1.29, 1.82) is 0 Å². The molecule has 2 amide bonds. The van der Waals surface area contributed by atoms with E-state index in [4.69, 9.17) is 0 Å². The summed E-state index contributed by atoms with van der Waals surface area (Å²) in [4.78, 5) is 27.2. The number of hydrogen-bond donors (Lipinski definition) is 1. The summed E-state index contributed by atoms with van der Waals surface area (Å²) >= 11 is 0. The van der Waals surface area contributed by atoms with Crippen molar-refractivity contribution in [2.24, 2.45) is 23.7 Å². The van der Waals surface area contributed by atoms with Crippen molar-refractivity contribution in [1.82, 2.24) is 10.2 Å². The van der Waals surface area contributed by atoms with Crippen LogP contribution in [0.2, 0.25) is 0 Å². The lowest BCUT2D eigenvalue weighted by atomic mass is 9.89. The first-order valence-electron chi connectivity index (χ1n) is 8.47. The average Bonchev–Trinajstić information content (AvgIpc) is 3.25. The maximum atomic E-state index is 12.9. The van der Waals surface area contributed by atoms with E-state index in [0.717, 1.165) is 18.9 Å². The zero-order valence-corrected chi connectivity index (χ0v) is 14.1. The molecular formula is C17H30N2O2. The van der Waals surface area contributed by atoms with E-state index in [-0.39, 0.29) is 35.7 Å². The van der Waals surface area contributed by atoms with Crippen LogP contribution >= 0.6 is 0 Å². The van der Waals surface area contributed by atoms with Crippen LogP contribution in [0.15, 0.2) is 0 Å². The molecule has 2 aliphatic rings. The summed E-state index contributed by atoms with van der Waals surface area (Å²) in [5.74, 6) is 1.73. The molecule has 1 saturated carbocycles. The molecule has 21 heavy (non-hydrogen) atoms. The van der Waals surface area contributed by atoms with Crippen LogP contribution < -0.4 is 5.32 Å². The van der Waals surface area contributed by atoms with Gasteiger partial charge in [0.15, 0.2) is 0 Å². The second-order valence-electron chi connectivity index (χ2n) is 7.37. The van der Waals surface area contributed by atoms with Crippen LogP contribution in [0.3, 0.4) is 0 Å². The summed E-state index contributed by atoms with van der Waals surface area (Å²) in [6.45, 7) is 11.1. The highest BCUT2D eigenvalue weighted by molar-refractivity contribution is 5.97. The zero-order chi connectivity index (χ0) is 15.7. The van der Waals surface area contributed by atoms with Gasteiger partial charge in [0.25, 0.3) is 0 Å². The Kier molecular flexibility index (Phi) is 4.95. The van der Waals surface area contributed by atoms with Crippen LogP contribution in [0.4, 0.5) is 0 Å². The molecule has 4 unspecified atom stereocenters. The number of piperazine rings is 1. The molecule has 0 aromatic rings. The minimum Gasteiger partial charge on any atom is -0.342 e. The quantitative estimate of drug-likeness (QED) is 0.818. The fraction of sp³-hybridized carbons (Fsp3) is 0.882. The van der Waals surface area contributed by atoms with E-state index in [9.17, 15) is 9.59 Å². The highest BCUT2D eigenvalue weighted by atomic mass is 16.2. The van der Waals surface area contributed by atoms with E-state index in [1.165, 1.54) is 12.8 Å². The monoisotopic (exact) mass is 294 g/mol. The van der Waals surface area contributed by atoms with Gasteiger partial charge < -0.3 is 10.2 Å². The van der Waals surface area contributed by atoms with Crippen molar-refractivity contribution in [3.05, 3.63) is 0 Å². The highest BCUT2D eigenvalue weighted by Crippen LogP contribution is 2.37. The van der Waals surface area contributed by atoms with Crippen molar-refractivity contribution in [2.45, 2.75) is 66.0 Å². The van der Waals surface area contributed by atoms with Gasteiger partial charge in [-0.1, -0.05) is 41.0 Å². The molecule has 1 aliphatic carbocycles. The van der Waals surface area contributed by atoms with Gasteiger partial charge in [-0.05, 0) is 36.5 Å². The van der Waals surface area contributed by atoms with Crippen LogP contribution in [0.25, 0.3) is 0 Å². The van der Waals surface area contributed by atoms with E-state index in [2.05, 4.69) is 19.2 Å². The Balaban J connectivity index is 2.19. The van der Waals surface area contributed by atoms with E-state index >= 15 is 0 Å². The lowest BCUT2D eigenvalue weighted by Crippen LogP contribution is -2.66. The van der Waals surface area contributed by atoms with Crippen molar-refractivity contribution in [3.63, 3.8) is 0 Å². The minimum atomic E-state index is -0.344. The smallest absolute Gasteiger partial charge is 0.246 e. The van der Waals surface area contributed by atoms with Crippen LogP contribution in [0, 0.1) is 23.7 Å². The third-order valence-electron chi connectivity index (χ3n) is 5.21. The molecular weight excluding hydrogens is 264 g/mol. The van der Waals surface area contributed by atoms with Gasteiger partial charge in [-0.3, -0.25) is 9.59 Å². The number of rotatable bonds is 6. The lowest BCUT2D eigenvalue weighted by Gasteiger charge is -2.43. The average molecular weight is 294 g/mol. The number of hydrogen-bond acceptors (Lipinski definition) is 2. The summed E-state index contributed by atoms with van der Waals surface area (Å²) in [7, 11) is 0. The fourth-order valence-electron chi connectivity index (χ4n) is 3.37. The summed E-state index contributed by atoms with van der Waals surface area (Å²) in [6.07, 6.45) is 3.45. The first-order valence-corrected chi connectivity index (χ1v) is 8.47. The molecule has 120 valence electrons. The normalized spacial score (nSPS) is 29.5. The predicted octanol–water partition coefficient (Wildman–Crippen LogP) is 2.43. The Bertz CT molecular complexity index is 404. The second-order valence-corrected chi connectivity index (χ2v) is 7.37. The highest BCUT2D eigenvalue weighted by Gasteiger charge is 2.44. The summed E-state index contributed by atoms with van der Waals surface area (Å²) < 4.78 is 0. The summed E-state index contributed by atoms with van der Waals surface area (Å²) in [5.41, 5.74) is 0. The van der Waals surface area contributed by atoms with Crippen molar-refractivity contribution in [3.8, 4) is 0 Å². The van der Waals surface area contributed by atoms with Gasteiger partial charge in [-0.2, -0.15) is 0 Å². The van der Waals surface area contributed by atoms with E-state index in [1.807, 2.05) is 25.7 Å². The molecule has 0 aromatic heterocycles. The molecule has 2 fully saturated rings. The lowest BCUT2D eigenvalue weighted by molar-refractivity contribution is -0.153. The maximum Gasteiger partial charge on any atom is 0.246 e. The predicted molar refractivity (Wildman–Crippen MR) is 83.6 cm³/mol. The van der Waals surface area contributed by atoms with Gasteiger partial charge in [0.05, 0.1) is 0 Å². The minimum absolute atomic E-state index is 0.0258. The Hall–Kier alpha value is -1.06. The van der Waals surface area contributed by atoms with Crippen LogP contribution in [0.1, 0.15) is 53.9 Å². The molecule has 1 N–H and O–H groups in total. The third-order valence-corrected chi connectivity index (χ3v) is 5.21. The van der Waals surface area contributed by atoms with Crippen LogP contribution in [-0.4, -0.2) is 35.3 Å². The van der Waals surface area contributed by atoms with Crippen molar-refractivity contribution < 1.29 is 9.59 Å². The summed E-state index contributed by atoms with van der Waals surface area (Å²) in [5, 5.41) is 2.97. The van der Waals surface area contributed by atoms with E-state index in [1.54, 1.807) is 0 Å². The topological polar surface area (TPSA) is 49.4 Å². The Morgan fingerprint density at radius 1 is 1.14 bits per heavy atom. The second kappa shape index (κ2) is 6.37. The van der Waals surface area contributed by atoms with E-state index < -0.39 is 0 Å². The maximum absolute atomic E-state index is 12.9. The standard InChI is InChI=1S/C17H30N2O2/c1-6-11(4)14-17(21)19(9-12(5)13-7-8-13)15(10(2)3)16(20)18-14/h10-15H,6-9H2,1-5H3,(H,18,20). The first kappa shape index (κ1) is 16.3. The molecule has 0 aromatic carbocycles. The first-order chi connectivity index (χ1) is 9.86. The van der Waals surface area contributed by atoms with Crippen LogP contribution in [-0.2, 0) is 9.59 Å². The molecule has 1 aliphatic heterocycles. The van der Waals surface area contributed by atoms with Gasteiger partial charge in [-0.25, -0.2) is 0 Å². The number of nitrogens with zero attached hydrogens (tertiary/aromatic N) is 1. The number of carbonyl (C=O) groups excluding carboxylic acids is 2. The Morgan fingerprint density at radius 2 is 1.76 bits per heavy atom. The summed E-state index contributed by atoms with van der Waals surface area (Å²) in [6, 6.07) is -0.650.